The van der Waals surface area contributed by atoms with Crippen molar-refractivity contribution in [2.45, 2.75) is 20.4 Å². The average Bonchev–Trinajstić information content (AvgIpc) is 2.70. The first kappa shape index (κ1) is 19.0. The Hall–Kier alpha value is -2.79. The highest BCUT2D eigenvalue weighted by molar-refractivity contribution is 6.30. The fourth-order valence-electron chi connectivity index (χ4n) is 2.79. The maximum absolute atomic E-state index is 5.92. The maximum Gasteiger partial charge on any atom is 0.229 e. The zero-order valence-electron chi connectivity index (χ0n) is 15.6. The van der Waals surface area contributed by atoms with Gasteiger partial charge in [-0.05, 0) is 61.9 Å². The molecule has 140 valence electrons. The minimum Gasteiger partial charge on any atom is -0.372 e. The van der Waals surface area contributed by atoms with E-state index in [0.717, 1.165) is 35.2 Å². The third-order valence-electron chi connectivity index (χ3n) is 4.29. The lowest BCUT2D eigenvalue weighted by Crippen LogP contribution is -2.21. The Kier molecular flexibility index (Phi) is 6.49. The summed E-state index contributed by atoms with van der Waals surface area (Å²) in [5.41, 5.74) is 3.31. The predicted octanol–water partition coefficient (Wildman–Crippen LogP) is 5.33. The van der Waals surface area contributed by atoms with Gasteiger partial charge in [0.15, 0.2) is 0 Å². The number of nitrogens with zero attached hydrogens (tertiary/aromatic N) is 3. The van der Waals surface area contributed by atoms with Gasteiger partial charge in [0, 0.05) is 42.2 Å². The van der Waals surface area contributed by atoms with Crippen molar-refractivity contribution in [2.24, 2.45) is 0 Å². The van der Waals surface area contributed by atoms with Gasteiger partial charge in [-0.25, -0.2) is 4.98 Å². The van der Waals surface area contributed by atoms with E-state index in [1.165, 1.54) is 5.69 Å². The Balaban J connectivity index is 1.62. The molecule has 0 aliphatic rings. The number of nitrogens with one attached hydrogen (secondary N) is 2. The highest BCUT2D eigenvalue weighted by Crippen LogP contribution is 2.20. The van der Waals surface area contributed by atoms with Crippen LogP contribution < -0.4 is 15.5 Å². The maximum atomic E-state index is 5.92. The first-order valence-electron chi connectivity index (χ1n) is 9.11. The molecule has 0 saturated carbocycles. The van der Waals surface area contributed by atoms with E-state index in [-0.39, 0.29) is 0 Å². The van der Waals surface area contributed by atoms with E-state index < -0.39 is 0 Å². The number of benzene rings is 2. The zero-order valence-corrected chi connectivity index (χ0v) is 16.4. The number of rotatable bonds is 8. The number of hydrogen-bond donors (Lipinski definition) is 2. The van der Waals surface area contributed by atoms with E-state index in [0.29, 0.717) is 12.5 Å². The van der Waals surface area contributed by atoms with Gasteiger partial charge in [0.1, 0.15) is 5.82 Å². The van der Waals surface area contributed by atoms with Gasteiger partial charge in [-0.15, -0.1) is 0 Å². The van der Waals surface area contributed by atoms with E-state index >= 15 is 0 Å². The zero-order chi connectivity index (χ0) is 19.1. The molecular formula is C21H24ClN5. The van der Waals surface area contributed by atoms with Crippen LogP contribution in [0.25, 0.3) is 0 Å². The van der Waals surface area contributed by atoms with Gasteiger partial charge < -0.3 is 15.5 Å². The lowest BCUT2D eigenvalue weighted by Gasteiger charge is -2.21. The summed E-state index contributed by atoms with van der Waals surface area (Å²) in [5.74, 6) is 1.33. The van der Waals surface area contributed by atoms with Gasteiger partial charge in [-0.3, -0.25) is 0 Å². The predicted molar refractivity (Wildman–Crippen MR) is 114 cm³/mol. The number of aromatic nitrogens is 2. The number of halogens is 1. The van der Waals surface area contributed by atoms with Crippen molar-refractivity contribution >= 4 is 34.7 Å². The molecule has 0 unspecified atom stereocenters. The molecule has 5 nitrogen and oxygen atoms in total. The summed E-state index contributed by atoms with van der Waals surface area (Å²) < 4.78 is 0. The van der Waals surface area contributed by atoms with Crippen LogP contribution in [-0.2, 0) is 6.54 Å². The summed E-state index contributed by atoms with van der Waals surface area (Å²) in [6.45, 7) is 6.98. The lowest BCUT2D eigenvalue weighted by molar-refractivity contribution is 0.866. The van der Waals surface area contributed by atoms with Gasteiger partial charge in [0.05, 0.1) is 0 Å². The molecule has 2 aromatic carbocycles. The fraction of sp³-hybridized carbons (Fsp3) is 0.238. The van der Waals surface area contributed by atoms with Crippen LogP contribution in [0.5, 0.6) is 0 Å². The second kappa shape index (κ2) is 9.24. The SMILES string of the molecule is CCN(CC)c1ccc(Nc2nccc(NCc3ccc(Cl)cc3)n2)cc1. The van der Waals surface area contributed by atoms with E-state index in [4.69, 9.17) is 11.6 Å². The van der Waals surface area contributed by atoms with Gasteiger partial charge in [0.2, 0.25) is 5.95 Å². The number of hydrogen-bond acceptors (Lipinski definition) is 5. The van der Waals surface area contributed by atoms with Crippen molar-refractivity contribution in [2.75, 3.05) is 28.6 Å². The van der Waals surface area contributed by atoms with Crippen LogP contribution in [0.3, 0.4) is 0 Å². The minimum absolute atomic E-state index is 0.562. The van der Waals surface area contributed by atoms with E-state index in [2.05, 4.69) is 51.5 Å². The number of anilines is 4. The molecule has 0 amide bonds. The van der Waals surface area contributed by atoms with Crippen molar-refractivity contribution in [3.63, 3.8) is 0 Å². The van der Waals surface area contributed by atoms with Crippen LogP contribution in [0.1, 0.15) is 19.4 Å². The van der Waals surface area contributed by atoms with Crippen molar-refractivity contribution in [3.8, 4) is 0 Å². The second-order valence-corrected chi connectivity index (χ2v) is 6.53. The Labute approximate surface area is 165 Å². The highest BCUT2D eigenvalue weighted by atomic mass is 35.5. The molecular weight excluding hydrogens is 358 g/mol. The molecule has 1 heterocycles. The van der Waals surface area contributed by atoms with Crippen molar-refractivity contribution in [1.82, 2.24) is 9.97 Å². The van der Waals surface area contributed by atoms with E-state index in [1.807, 2.05) is 42.5 Å². The van der Waals surface area contributed by atoms with Crippen molar-refractivity contribution < 1.29 is 0 Å². The fourth-order valence-corrected chi connectivity index (χ4v) is 2.91. The van der Waals surface area contributed by atoms with Crippen LogP contribution in [0, 0.1) is 0 Å². The summed E-state index contributed by atoms with van der Waals surface area (Å²) in [7, 11) is 0. The largest absolute Gasteiger partial charge is 0.372 e. The molecule has 0 saturated heterocycles. The Bertz CT molecular complexity index is 845. The van der Waals surface area contributed by atoms with Gasteiger partial charge in [0.25, 0.3) is 0 Å². The Morgan fingerprint density at radius 2 is 1.63 bits per heavy atom. The quantitative estimate of drug-likeness (QED) is 0.552. The lowest BCUT2D eigenvalue weighted by atomic mass is 10.2. The molecule has 0 atom stereocenters. The highest BCUT2D eigenvalue weighted by Gasteiger charge is 2.04. The van der Waals surface area contributed by atoms with Crippen LogP contribution in [-0.4, -0.2) is 23.1 Å². The molecule has 0 aliphatic heterocycles. The molecule has 0 aliphatic carbocycles. The summed E-state index contributed by atoms with van der Waals surface area (Å²) >= 11 is 5.92. The van der Waals surface area contributed by atoms with E-state index in [1.54, 1.807) is 6.20 Å². The smallest absolute Gasteiger partial charge is 0.229 e. The molecule has 3 aromatic rings. The molecule has 0 fully saturated rings. The molecule has 6 heteroatoms. The summed E-state index contributed by atoms with van der Waals surface area (Å²) in [6, 6.07) is 17.9. The Morgan fingerprint density at radius 1 is 0.926 bits per heavy atom. The third kappa shape index (κ3) is 5.34. The molecule has 2 N–H and O–H groups in total. The van der Waals surface area contributed by atoms with Gasteiger partial charge in [-0.2, -0.15) is 4.98 Å². The molecule has 1 aromatic heterocycles. The normalized spacial score (nSPS) is 10.5. The minimum atomic E-state index is 0.562. The van der Waals surface area contributed by atoms with Gasteiger partial charge >= 0.3 is 0 Å². The molecule has 0 spiro atoms. The molecule has 3 rings (SSSR count). The summed E-state index contributed by atoms with van der Waals surface area (Å²) in [4.78, 5) is 11.1. The van der Waals surface area contributed by atoms with Crippen molar-refractivity contribution in [1.29, 1.82) is 0 Å². The molecule has 0 bridgehead atoms. The summed E-state index contributed by atoms with van der Waals surface area (Å²) in [5, 5.41) is 7.29. The third-order valence-corrected chi connectivity index (χ3v) is 4.55. The van der Waals surface area contributed by atoms with Crippen LogP contribution >= 0.6 is 11.6 Å². The van der Waals surface area contributed by atoms with Crippen LogP contribution in [0.2, 0.25) is 5.02 Å². The first-order valence-corrected chi connectivity index (χ1v) is 9.49. The Morgan fingerprint density at radius 3 is 2.30 bits per heavy atom. The standard InChI is InChI=1S/C21H24ClN5/c1-3-27(4-2)19-11-9-18(10-12-19)25-21-23-14-13-20(26-21)24-15-16-5-7-17(22)8-6-16/h5-14H,3-4,15H2,1-2H3,(H2,23,24,25,26). The van der Waals surface area contributed by atoms with Gasteiger partial charge in [-0.1, -0.05) is 23.7 Å². The van der Waals surface area contributed by atoms with E-state index in [9.17, 15) is 0 Å². The topological polar surface area (TPSA) is 53.1 Å². The average molecular weight is 382 g/mol. The van der Waals surface area contributed by atoms with Crippen LogP contribution in [0.4, 0.5) is 23.1 Å². The molecule has 0 radical (unpaired) electrons. The monoisotopic (exact) mass is 381 g/mol. The van der Waals surface area contributed by atoms with Crippen molar-refractivity contribution in [3.05, 3.63) is 71.4 Å². The summed E-state index contributed by atoms with van der Waals surface area (Å²) in [6.07, 6.45) is 1.74. The first-order chi connectivity index (χ1) is 13.2. The van der Waals surface area contributed by atoms with Crippen LogP contribution in [0.15, 0.2) is 60.8 Å². The molecule has 27 heavy (non-hydrogen) atoms. The second-order valence-electron chi connectivity index (χ2n) is 6.09.